The van der Waals surface area contributed by atoms with E-state index in [1.54, 1.807) is 6.92 Å². The number of benzene rings is 1. The highest BCUT2D eigenvalue weighted by Crippen LogP contribution is 2.40. The molecule has 0 radical (unpaired) electrons. The molecule has 2 amide bonds. The van der Waals surface area contributed by atoms with Crippen LogP contribution in [0.2, 0.25) is 5.02 Å². The minimum Gasteiger partial charge on any atom is -0.480 e. The number of nitrogens with one attached hydrogen (secondary N) is 2. The molecule has 2 aliphatic rings. The van der Waals surface area contributed by atoms with Crippen molar-refractivity contribution in [2.24, 2.45) is 11.1 Å². The van der Waals surface area contributed by atoms with Crippen molar-refractivity contribution in [1.29, 1.82) is 0 Å². The number of nitrogens with two attached hydrogens (primary N) is 1. The third-order valence-electron chi connectivity index (χ3n) is 7.82. The van der Waals surface area contributed by atoms with Crippen LogP contribution in [0.4, 0.5) is 0 Å². The minimum atomic E-state index is -4.25. The lowest BCUT2D eigenvalue weighted by molar-refractivity contribution is -0.156. The molecule has 3 rings (SSSR count). The predicted molar refractivity (Wildman–Crippen MR) is 150 cm³/mol. The second kappa shape index (κ2) is 13.5. The molecule has 0 spiro atoms. The van der Waals surface area contributed by atoms with Gasteiger partial charge in [0.05, 0.1) is 17.7 Å². The number of likely N-dealkylation sites (tertiary alicyclic amines) is 1. The highest BCUT2D eigenvalue weighted by Gasteiger charge is 2.50. The fourth-order valence-corrected chi connectivity index (χ4v) is 6.93. The van der Waals surface area contributed by atoms with Crippen LogP contribution >= 0.6 is 11.6 Å². The van der Waals surface area contributed by atoms with E-state index in [4.69, 9.17) is 21.5 Å². The van der Waals surface area contributed by atoms with Crippen LogP contribution in [-0.4, -0.2) is 72.6 Å². The number of nitrogens with zero attached hydrogens (tertiary/aromatic N) is 1. The molecule has 1 saturated heterocycles. The van der Waals surface area contributed by atoms with E-state index in [1.165, 1.54) is 24.0 Å². The Labute approximate surface area is 245 Å². The van der Waals surface area contributed by atoms with E-state index >= 15 is 0 Å². The maximum absolute atomic E-state index is 13.8. The monoisotopic (exact) mass is 614 g/mol. The van der Waals surface area contributed by atoms with Crippen LogP contribution in [0.25, 0.3) is 0 Å². The molecule has 1 heterocycles. The molecule has 228 valence electrons. The molecule has 41 heavy (non-hydrogen) atoms. The van der Waals surface area contributed by atoms with Crippen molar-refractivity contribution >= 4 is 45.4 Å². The lowest BCUT2D eigenvalue weighted by atomic mass is 9.84. The Hall–Kier alpha value is -2.74. The maximum Gasteiger partial charge on any atom is 0.347 e. The Morgan fingerprint density at radius 2 is 1.90 bits per heavy atom. The third-order valence-corrected chi connectivity index (χ3v) is 9.21. The number of fused-ring (bicyclic) bond motifs is 1. The van der Waals surface area contributed by atoms with E-state index in [1.807, 2.05) is 6.92 Å². The summed E-state index contributed by atoms with van der Waals surface area (Å²) in [5.41, 5.74) is -2.02. The quantitative estimate of drug-likeness (QED) is 0.203. The number of carbonyl (C=O) groups excluding carboxylic acids is 3. The zero-order valence-corrected chi connectivity index (χ0v) is 25.1. The number of aliphatic carboxylic acids is 1. The average molecular weight is 615 g/mol. The van der Waals surface area contributed by atoms with Gasteiger partial charge in [-0.1, -0.05) is 37.8 Å². The van der Waals surface area contributed by atoms with Gasteiger partial charge in [-0.2, -0.15) is 0 Å². The van der Waals surface area contributed by atoms with E-state index in [0.717, 1.165) is 25.3 Å². The number of hydrogen-bond acceptors (Lipinski definition) is 8. The SMILES string of the molecule is CCCC[C@@](NC(=O)c1ccc(Cl)c(S(N)(=O)=O)c1)(N[C@@H](C)C(=O)N1[C@@H]2CCCC[C@@H]2C[C@H]1C(=O)O)C(=O)OCC. The van der Waals surface area contributed by atoms with Gasteiger partial charge in [0.25, 0.3) is 5.91 Å². The fraction of sp³-hybridized carbons (Fsp3) is 0.630. The number of ether oxygens (including phenoxy) is 1. The molecule has 14 heteroatoms. The minimum absolute atomic E-state index is 0.0138. The highest BCUT2D eigenvalue weighted by molar-refractivity contribution is 7.89. The van der Waals surface area contributed by atoms with Gasteiger partial charge in [-0.05, 0) is 70.1 Å². The fourth-order valence-electron chi connectivity index (χ4n) is 5.86. The normalized spacial score (nSPS) is 22.8. The Kier molecular flexibility index (Phi) is 10.8. The van der Waals surface area contributed by atoms with Crippen molar-refractivity contribution in [1.82, 2.24) is 15.5 Å². The number of rotatable bonds is 12. The number of halogens is 1. The summed E-state index contributed by atoms with van der Waals surface area (Å²) in [5.74, 6) is -3.15. The summed E-state index contributed by atoms with van der Waals surface area (Å²) >= 11 is 5.97. The lowest BCUT2D eigenvalue weighted by Gasteiger charge is -2.39. The molecule has 12 nitrogen and oxygen atoms in total. The summed E-state index contributed by atoms with van der Waals surface area (Å²) in [7, 11) is -4.25. The van der Waals surface area contributed by atoms with Gasteiger partial charge in [0, 0.05) is 11.6 Å². The Bertz CT molecular complexity index is 1280. The van der Waals surface area contributed by atoms with Crippen LogP contribution in [0.5, 0.6) is 0 Å². The van der Waals surface area contributed by atoms with Crippen LogP contribution in [0.15, 0.2) is 23.1 Å². The van der Waals surface area contributed by atoms with E-state index in [2.05, 4.69) is 10.6 Å². The van der Waals surface area contributed by atoms with Gasteiger partial charge in [0.2, 0.25) is 15.9 Å². The first-order valence-corrected chi connectivity index (χ1v) is 15.8. The second-order valence-corrected chi connectivity index (χ2v) is 12.6. The molecule has 2 fully saturated rings. The summed E-state index contributed by atoms with van der Waals surface area (Å²) in [6, 6.07) is 1.21. The van der Waals surface area contributed by atoms with E-state index in [-0.39, 0.29) is 35.6 Å². The van der Waals surface area contributed by atoms with Crippen molar-refractivity contribution in [3.8, 4) is 0 Å². The number of esters is 1. The molecule has 1 aromatic carbocycles. The summed E-state index contributed by atoms with van der Waals surface area (Å²) in [4.78, 5) is 53.8. The lowest BCUT2D eigenvalue weighted by Crippen LogP contribution is -2.69. The number of unbranched alkanes of at least 4 members (excludes halogenated alkanes) is 1. The molecule has 1 aliphatic carbocycles. The number of primary sulfonamides is 1. The number of carboxylic acid groups (broad SMARTS) is 1. The second-order valence-electron chi connectivity index (χ2n) is 10.7. The molecule has 0 unspecified atom stereocenters. The molecular formula is C27H39ClN4O8S. The third kappa shape index (κ3) is 7.37. The van der Waals surface area contributed by atoms with Gasteiger partial charge < -0.3 is 20.1 Å². The van der Waals surface area contributed by atoms with Gasteiger partial charge in [-0.25, -0.2) is 23.1 Å². The molecule has 1 aromatic rings. The summed E-state index contributed by atoms with van der Waals surface area (Å²) < 4.78 is 29.2. The molecular weight excluding hydrogens is 576 g/mol. The Morgan fingerprint density at radius 3 is 2.51 bits per heavy atom. The molecule has 5 N–H and O–H groups in total. The number of amides is 2. The smallest absolute Gasteiger partial charge is 0.347 e. The maximum atomic E-state index is 13.8. The predicted octanol–water partition coefficient (Wildman–Crippen LogP) is 2.39. The summed E-state index contributed by atoms with van der Waals surface area (Å²) in [5, 5.41) is 20.6. The van der Waals surface area contributed by atoms with Crippen molar-refractivity contribution in [3.05, 3.63) is 28.8 Å². The Balaban J connectivity index is 1.97. The zero-order valence-electron chi connectivity index (χ0n) is 23.5. The van der Waals surface area contributed by atoms with Crippen molar-refractivity contribution in [2.75, 3.05) is 6.61 Å². The van der Waals surface area contributed by atoms with Gasteiger partial charge in [0.1, 0.15) is 10.9 Å². The molecule has 1 saturated carbocycles. The number of sulfonamides is 1. The topological polar surface area (TPSA) is 185 Å². The van der Waals surface area contributed by atoms with Crippen molar-refractivity contribution in [2.45, 2.75) is 101 Å². The number of carbonyl (C=O) groups is 4. The van der Waals surface area contributed by atoms with Crippen molar-refractivity contribution < 1.29 is 37.4 Å². The van der Waals surface area contributed by atoms with Crippen LogP contribution in [-0.2, 0) is 29.1 Å². The van der Waals surface area contributed by atoms with Gasteiger partial charge in [-0.15, -0.1) is 0 Å². The van der Waals surface area contributed by atoms with Crippen LogP contribution in [0.1, 0.15) is 82.5 Å². The highest BCUT2D eigenvalue weighted by atomic mass is 35.5. The van der Waals surface area contributed by atoms with Gasteiger partial charge in [-0.3, -0.25) is 14.9 Å². The van der Waals surface area contributed by atoms with Crippen LogP contribution < -0.4 is 15.8 Å². The Morgan fingerprint density at radius 1 is 1.22 bits per heavy atom. The summed E-state index contributed by atoms with van der Waals surface area (Å²) in [6.45, 7) is 4.99. The van der Waals surface area contributed by atoms with E-state index in [9.17, 15) is 32.7 Å². The first kappa shape index (κ1) is 32.8. The first-order valence-electron chi connectivity index (χ1n) is 13.9. The molecule has 1 aliphatic heterocycles. The largest absolute Gasteiger partial charge is 0.480 e. The summed E-state index contributed by atoms with van der Waals surface area (Å²) in [6.07, 6.45) is 4.91. The number of carboxylic acids is 1. The van der Waals surface area contributed by atoms with Crippen LogP contribution in [0, 0.1) is 5.92 Å². The zero-order chi connectivity index (χ0) is 30.5. The van der Waals surface area contributed by atoms with Crippen LogP contribution in [0.3, 0.4) is 0 Å². The van der Waals surface area contributed by atoms with E-state index < -0.39 is 56.4 Å². The van der Waals surface area contributed by atoms with E-state index in [0.29, 0.717) is 25.7 Å². The molecule has 0 bridgehead atoms. The molecule has 5 atom stereocenters. The average Bonchev–Trinajstić information content (AvgIpc) is 3.31. The molecule has 0 aromatic heterocycles. The first-order chi connectivity index (χ1) is 19.3. The standard InChI is InChI=1S/C27H39ClN4O8S/c1-4-6-13-27(26(37)40-5-2,31-23(33)18-11-12-19(28)22(15-18)41(29,38)39)30-16(3)24(34)32-20-10-8-7-9-17(20)14-21(32)25(35)36/h11-12,15-17,20-21,30H,4-10,13-14H2,1-3H3,(H,31,33)(H,35,36)(H2,29,38,39)/t16-,17+,20+,21-,27-/m0/s1. The van der Waals surface area contributed by atoms with Gasteiger partial charge >= 0.3 is 11.9 Å². The van der Waals surface area contributed by atoms with Gasteiger partial charge in [0.15, 0.2) is 5.66 Å². The number of hydrogen-bond donors (Lipinski definition) is 4. The van der Waals surface area contributed by atoms with Crippen molar-refractivity contribution in [3.63, 3.8) is 0 Å².